The van der Waals surface area contributed by atoms with E-state index in [2.05, 4.69) is 34.7 Å². The van der Waals surface area contributed by atoms with Gasteiger partial charge in [-0.05, 0) is 18.4 Å². The maximum Gasteiger partial charge on any atom is 0.241 e. The lowest BCUT2D eigenvalue weighted by atomic mass is 10.00. The van der Waals surface area contributed by atoms with Crippen molar-refractivity contribution in [3.8, 4) is 0 Å². The highest BCUT2D eigenvalue weighted by atomic mass is 32.2. The van der Waals surface area contributed by atoms with Crippen molar-refractivity contribution in [2.75, 3.05) is 25.5 Å². The van der Waals surface area contributed by atoms with Crippen LogP contribution in [0.3, 0.4) is 0 Å². The molecule has 24 heavy (non-hydrogen) atoms. The molecule has 4 rings (SSSR count). The van der Waals surface area contributed by atoms with Gasteiger partial charge in [0, 0.05) is 24.9 Å². The number of nitrogens with zero attached hydrogens (tertiary/aromatic N) is 3. The van der Waals surface area contributed by atoms with Gasteiger partial charge < -0.3 is 4.90 Å². The molecule has 3 aliphatic rings. The van der Waals surface area contributed by atoms with Crippen molar-refractivity contribution < 1.29 is 9.63 Å². The molecular formula is C17H23N3O2S2. The predicted octanol–water partition coefficient (Wildman–Crippen LogP) is 2.01. The summed E-state index contributed by atoms with van der Waals surface area (Å²) in [6, 6.07) is 10.6. The molecule has 5 nitrogen and oxygen atoms in total. The van der Waals surface area contributed by atoms with E-state index in [1.54, 1.807) is 11.8 Å². The van der Waals surface area contributed by atoms with Crippen molar-refractivity contribution in [3.63, 3.8) is 0 Å². The Morgan fingerprint density at radius 3 is 2.88 bits per heavy atom. The highest BCUT2D eigenvalue weighted by molar-refractivity contribution is 8.10. The van der Waals surface area contributed by atoms with E-state index in [4.69, 9.17) is 4.84 Å². The fraction of sp³-hybridized carbons (Fsp3) is 0.588. The molecule has 1 aromatic carbocycles. The van der Waals surface area contributed by atoms with Gasteiger partial charge in [-0.2, -0.15) is 5.06 Å². The van der Waals surface area contributed by atoms with Gasteiger partial charge in [0.2, 0.25) is 5.91 Å². The molecule has 2 unspecified atom stereocenters. The quantitative estimate of drug-likeness (QED) is 0.826. The van der Waals surface area contributed by atoms with Crippen LogP contribution < -0.4 is 0 Å². The average molecular weight is 366 g/mol. The average Bonchev–Trinajstić information content (AvgIpc) is 3.17. The van der Waals surface area contributed by atoms with Gasteiger partial charge in [-0.1, -0.05) is 30.3 Å². The molecular weight excluding hydrogens is 342 g/mol. The fourth-order valence-electron chi connectivity index (χ4n) is 3.73. The van der Waals surface area contributed by atoms with Crippen LogP contribution in [0.15, 0.2) is 30.3 Å². The number of rotatable bonds is 4. The summed E-state index contributed by atoms with van der Waals surface area (Å²) in [5.41, 5.74) is 1.17. The summed E-state index contributed by atoms with van der Waals surface area (Å²) in [6.07, 6.45) is 1.93. The Balaban J connectivity index is 1.35. The number of thiol groups is 1. The van der Waals surface area contributed by atoms with Gasteiger partial charge in [0.05, 0.1) is 19.3 Å². The van der Waals surface area contributed by atoms with Gasteiger partial charge in [0.25, 0.3) is 0 Å². The molecule has 0 saturated carbocycles. The van der Waals surface area contributed by atoms with E-state index in [1.165, 1.54) is 5.56 Å². The SMILES string of the molecule is O=C([C@@H]1CC[C@@H]2CN1CN2OCc1ccccc1)N1CCSC1S. The normalized spacial score (nSPS) is 33.1. The van der Waals surface area contributed by atoms with E-state index in [-0.39, 0.29) is 16.7 Å². The number of hydrogen-bond acceptors (Lipinski definition) is 6. The van der Waals surface area contributed by atoms with Crippen LogP contribution in [0.4, 0.5) is 0 Å². The van der Waals surface area contributed by atoms with E-state index in [0.29, 0.717) is 19.3 Å². The highest BCUT2D eigenvalue weighted by Crippen LogP contribution is 2.33. The van der Waals surface area contributed by atoms with Crippen LogP contribution in [0.25, 0.3) is 0 Å². The summed E-state index contributed by atoms with van der Waals surface area (Å²) in [5, 5.41) is 2.07. The van der Waals surface area contributed by atoms with Crippen molar-refractivity contribution in [2.24, 2.45) is 0 Å². The number of benzene rings is 1. The Morgan fingerprint density at radius 2 is 2.12 bits per heavy atom. The number of amides is 1. The van der Waals surface area contributed by atoms with Crippen molar-refractivity contribution in [2.45, 2.75) is 36.2 Å². The topological polar surface area (TPSA) is 36.0 Å². The zero-order valence-corrected chi connectivity index (χ0v) is 15.3. The van der Waals surface area contributed by atoms with Gasteiger partial charge in [-0.15, -0.1) is 24.4 Å². The number of carbonyl (C=O) groups is 1. The minimum Gasteiger partial charge on any atom is -0.320 e. The summed E-state index contributed by atoms with van der Waals surface area (Å²) in [6.45, 7) is 3.04. The Kier molecular flexibility index (Phi) is 5.05. The molecule has 0 spiro atoms. The van der Waals surface area contributed by atoms with Crippen LogP contribution in [0.2, 0.25) is 0 Å². The summed E-state index contributed by atoms with van der Waals surface area (Å²) in [4.78, 5) is 23.1. The third-order valence-electron chi connectivity index (χ3n) is 5.06. The molecule has 0 aromatic heterocycles. The number of carbonyl (C=O) groups excluding carboxylic acids is 1. The standard InChI is InChI=1S/C17H23N3O2S2/c21-16(19-8-9-24-17(19)23)15-7-6-14-10-18(15)12-20(14)22-11-13-4-2-1-3-5-13/h1-5,14-15,17,23H,6-12H2/t14-,15+,17?/m1/s1. The number of piperidine rings is 1. The van der Waals surface area contributed by atoms with Gasteiger partial charge in [0.1, 0.15) is 4.71 Å². The Bertz CT molecular complexity index is 588. The zero-order valence-electron chi connectivity index (χ0n) is 13.6. The summed E-state index contributed by atoms with van der Waals surface area (Å²) in [5.74, 6) is 1.23. The fourth-order valence-corrected chi connectivity index (χ4v) is 5.18. The zero-order chi connectivity index (χ0) is 16.5. The second kappa shape index (κ2) is 7.25. The van der Waals surface area contributed by atoms with Gasteiger partial charge in [-0.3, -0.25) is 14.5 Å². The number of thioether (sulfide) groups is 1. The van der Waals surface area contributed by atoms with Crippen LogP contribution in [-0.4, -0.2) is 63.1 Å². The maximum atomic E-state index is 12.8. The van der Waals surface area contributed by atoms with E-state index < -0.39 is 0 Å². The molecule has 3 heterocycles. The third-order valence-corrected chi connectivity index (χ3v) is 6.76. The smallest absolute Gasteiger partial charge is 0.241 e. The minimum absolute atomic E-state index is 0.0140. The first-order valence-electron chi connectivity index (χ1n) is 8.50. The summed E-state index contributed by atoms with van der Waals surface area (Å²) >= 11 is 6.26. The lowest BCUT2D eigenvalue weighted by Crippen LogP contribution is -2.50. The molecule has 1 aromatic rings. The molecule has 0 aliphatic carbocycles. The number of fused-ring (bicyclic) bond motifs is 2. The Hall–Kier alpha value is -0.730. The van der Waals surface area contributed by atoms with Crippen LogP contribution in [-0.2, 0) is 16.2 Å². The Morgan fingerprint density at radius 1 is 1.29 bits per heavy atom. The van der Waals surface area contributed by atoms with Crippen molar-refractivity contribution in [3.05, 3.63) is 35.9 Å². The molecule has 3 saturated heterocycles. The largest absolute Gasteiger partial charge is 0.320 e. The molecule has 2 bridgehead atoms. The van der Waals surface area contributed by atoms with Gasteiger partial charge in [-0.25, -0.2) is 0 Å². The van der Waals surface area contributed by atoms with E-state index in [0.717, 1.165) is 31.7 Å². The molecule has 3 fully saturated rings. The molecule has 4 atom stereocenters. The van der Waals surface area contributed by atoms with Crippen LogP contribution in [0, 0.1) is 0 Å². The first-order valence-corrected chi connectivity index (χ1v) is 10.1. The first kappa shape index (κ1) is 16.7. The molecule has 0 radical (unpaired) electrons. The number of hydroxylamine groups is 2. The molecule has 0 N–H and O–H groups in total. The maximum absolute atomic E-state index is 12.8. The monoisotopic (exact) mass is 365 g/mol. The van der Waals surface area contributed by atoms with Crippen LogP contribution in [0.5, 0.6) is 0 Å². The van der Waals surface area contributed by atoms with E-state index in [9.17, 15) is 4.79 Å². The second-order valence-electron chi connectivity index (χ2n) is 6.56. The molecule has 3 aliphatic heterocycles. The van der Waals surface area contributed by atoms with Crippen molar-refractivity contribution >= 4 is 30.3 Å². The van der Waals surface area contributed by atoms with E-state index in [1.807, 2.05) is 23.1 Å². The summed E-state index contributed by atoms with van der Waals surface area (Å²) in [7, 11) is 0. The van der Waals surface area contributed by atoms with Crippen molar-refractivity contribution in [1.82, 2.24) is 14.9 Å². The van der Waals surface area contributed by atoms with Gasteiger partial charge in [0.15, 0.2) is 0 Å². The van der Waals surface area contributed by atoms with Crippen LogP contribution >= 0.6 is 24.4 Å². The lowest BCUT2D eigenvalue weighted by Gasteiger charge is -2.33. The van der Waals surface area contributed by atoms with Crippen LogP contribution in [0.1, 0.15) is 18.4 Å². The summed E-state index contributed by atoms with van der Waals surface area (Å²) < 4.78 is 0.0169. The lowest BCUT2D eigenvalue weighted by molar-refractivity contribution is -0.182. The highest BCUT2D eigenvalue weighted by Gasteiger charge is 2.44. The first-order chi connectivity index (χ1) is 11.7. The third kappa shape index (κ3) is 3.32. The Labute approximate surface area is 152 Å². The number of hydrogen-bond donors (Lipinski definition) is 1. The molecule has 130 valence electrons. The van der Waals surface area contributed by atoms with Gasteiger partial charge >= 0.3 is 0 Å². The second-order valence-corrected chi connectivity index (χ2v) is 8.59. The predicted molar refractivity (Wildman–Crippen MR) is 98.4 cm³/mol. The molecule has 7 heteroatoms. The molecule has 1 amide bonds. The van der Waals surface area contributed by atoms with Crippen molar-refractivity contribution in [1.29, 1.82) is 0 Å². The minimum atomic E-state index is -0.0140. The van der Waals surface area contributed by atoms with E-state index >= 15 is 0 Å².